The van der Waals surface area contributed by atoms with E-state index in [1.54, 1.807) is 7.11 Å². The highest BCUT2D eigenvalue weighted by atomic mass is 35.5. The molecule has 0 heterocycles. The Balaban J connectivity index is 2.11. The molecule has 4 heteroatoms. The predicted octanol–water partition coefficient (Wildman–Crippen LogP) is 4.03. The Morgan fingerprint density at radius 2 is 1.90 bits per heavy atom. The van der Waals surface area contributed by atoms with Gasteiger partial charge in [0.2, 0.25) is 0 Å². The minimum Gasteiger partial charge on any atom is -0.495 e. The fourth-order valence-corrected chi connectivity index (χ4v) is 2.31. The van der Waals surface area contributed by atoms with Crippen LogP contribution in [-0.4, -0.2) is 21.2 Å². The van der Waals surface area contributed by atoms with E-state index in [-0.39, 0.29) is 0 Å². The van der Waals surface area contributed by atoms with Crippen LogP contribution in [0.2, 0.25) is 5.02 Å². The summed E-state index contributed by atoms with van der Waals surface area (Å²) < 4.78 is 5.15. The first-order valence-corrected chi connectivity index (χ1v) is 6.82. The number of hydrogen-bond acceptors (Lipinski definition) is 3. The lowest BCUT2D eigenvalue weighted by atomic mass is 10.2. The number of methoxy groups -OCH3 is 1. The van der Waals surface area contributed by atoms with Crippen molar-refractivity contribution in [2.24, 2.45) is 0 Å². The molecule has 0 aliphatic carbocycles. The molecule has 20 heavy (non-hydrogen) atoms. The van der Waals surface area contributed by atoms with Gasteiger partial charge in [0.25, 0.3) is 0 Å². The summed E-state index contributed by atoms with van der Waals surface area (Å²) in [5.74, 6) is 0.698. The molecular weight excluding hydrogens is 272 g/mol. The van der Waals surface area contributed by atoms with E-state index in [4.69, 9.17) is 16.3 Å². The number of ether oxygens (including phenoxy) is 1. The highest BCUT2D eigenvalue weighted by Crippen LogP contribution is 2.27. The van der Waals surface area contributed by atoms with Gasteiger partial charge >= 0.3 is 0 Å². The monoisotopic (exact) mass is 290 g/mol. The second kappa shape index (κ2) is 6.53. The van der Waals surface area contributed by atoms with Crippen LogP contribution in [0.3, 0.4) is 0 Å². The summed E-state index contributed by atoms with van der Waals surface area (Å²) >= 11 is 6.13. The average molecular weight is 291 g/mol. The van der Waals surface area contributed by atoms with Crippen molar-refractivity contribution in [1.29, 1.82) is 0 Å². The molecule has 2 rings (SSSR count). The van der Waals surface area contributed by atoms with Gasteiger partial charge in [-0.25, -0.2) is 0 Å². The van der Waals surface area contributed by atoms with Gasteiger partial charge in [-0.3, -0.25) is 0 Å². The van der Waals surface area contributed by atoms with Crippen LogP contribution in [0, 0.1) is 0 Å². The van der Waals surface area contributed by atoms with E-state index in [1.165, 1.54) is 0 Å². The number of halogens is 1. The molecule has 0 aliphatic rings. The fourth-order valence-electron chi connectivity index (χ4n) is 2.03. The summed E-state index contributed by atoms with van der Waals surface area (Å²) in [5, 5.41) is 4.07. The Kier molecular flexibility index (Phi) is 4.74. The van der Waals surface area contributed by atoms with Crippen LogP contribution in [0.25, 0.3) is 0 Å². The van der Waals surface area contributed by atoms with E-state index in [0.717, 1.165) is 16.9 Å². The smallest absolute Gasteiger partial charge is 0.137 e. The van der Waals surface area contributed by atoms with Crippen LogP contribution in [-0.2, 0) is 6.54 Å². The first-order chi connectivity index (χ1) is 9.61. The summed E-state index contributed by atoms with van der Waals surface area (Å²) in [4.78, 5) is 2.09. The van der Waals surface area contributed by atoms with Crippen molar-refractivity contribution >= 4 is 23.0 Å². The van der Waals surface area contributed by atoms with Crippen molar-refractivity contribution in [2.75, 3.05) is 31.4 Å². The van der Waals surface area contributed by atoms with Crippen LogP contribution in [0.4, 0.5) is 11.4 Å². The minimum atomic E-state index is 0.632. The first kappa shape index (κ1) is 14.5. The molecule has 2 aromatic rings. The molecule has 0 bridgehead atoms. The molecule has 106 valence electrons. The maximum atomic E-state index is 6.13. The van der Waals surface area contributed by atoms with E-state index in [0.29, 0.717) is 17.3 Å². The number of para-hydroxylation sites is 2. The average Bonchev–Trinajstić information content (AvgIpc) is 2.45. The van der Waals surface area contributed by atoms with E-state index in [2.05, 4.69) is 22.3 Å². The summed E-state index contributed by atoms with van der Waals surface area (Å²) in [6, 6.07) is 14.0. The molecule has 0 atom stereocenters. The summed E-state index contributed by atoms with van der Waals surface area (Å²) in [6.07, 6.45) is 0. The van der Waals surface area contributed by atoms with Crippen molar-refractivity contribution in [2.45, 2.75) is 6.54 Å². The molecule has 0 amide bonds. The van der Waals surface area contributed by atoms with Gasteiger partial charge in [0.05, 0.1) is 23.5 Å². The number of hydrogen-bond donors (Lipinski definition) is 1. The lowest BCUT2D eigenvalue weighted by Gasteiger charge is -2.18. The minimum absolute atomic E-state index is 0.632. The van der Waals surface area contributed by atoms with E-state index in [1.807, 2.05) is 44.4 Å². The lowest BCUT2D eigenvalue weighted by molar-refractivity contribution is 0.415. The molecule has 3 nitrogen and oxygen atoms in total. The topological polar surface area (TPSA) is 24.5 Å². The van der Waals surface area contributed by atoms with Gasteiger partial charge in [-0.15, -0.1) is 0 Å². The van der Waals surface area contributed by atoms with Crippen molar-refractivity contribution in [1.82, 2.24) is 0 Å². The van der Waals surface area contributed by atoms with Crippen molar-refractivity contribution in [3.05, 3.63) is 53.1 Å². The van der Waals surface area contributed by atoms with Crippen LogP contribution in [0.1, 0.15) is 5.56 Å². The summed E-state index contributed by atoms with van der Waals surface area (Å²) in [5.41, 5.74) is 3.38. The molecule has 0 fully saturated rings. The second-order valence-electron chi connectivity index (χ2n) is 4.73. The standard InChI is InChI=1S/C16H19ClN2O/c1-19(2)15-7-5-4-6-14(15)18-11-12-8-9-16(20-3)13(17)10-12/h4-10,18H,11H2,1-3H3. The molecule has 0 unspecified atom stereocenters. The quantitative estimate of drug-likeness (QED) is 0.900. The van der Waals surface area contributed by atoms with Crippen LogP contribution in [0.5, 0.6) is 5.75 Å². The van der Waals surface area contributed by atoms with Crippen molar-refractivity contribution < 1.29 is 4.74 Å². The van der Waals surface area contributed by atoms with Crippen LogP contribution < -0.4 is 15.0 Å². The number of anilines is 2. The zero-order valence-electron chi connectivity index (χ0n) is 12.0. The number of nitrogens with one attached hydrogen (secondary N) is 1. The van der Waals surface area contributed by atoms with E-state index >= 15 is 0 Å². The highest BCUT2D eigenvalue weighted by Gasteiger charge is 2.05. The summed E-state index contributed by atoms with van der Waals surface area (Å²) in [7, 11) is 5.68. The number of benzene rings is 2. The van der Waals surface area contributed by atoms with Gasteiger partial charge in [0.1, 0.15) is 5.75 Å². The molecule has 0 aromatic heterocycles. The van der Waals surface area contributed by atoms with Gasteiger partial charge in [-0.1, -0.05) is 29.8 Å². The fraction of sp³-hybridized carbons (Fsp3) is 0.250. The maximum absolute atomic E-state index is 6.13. The van der Waals surface area contributed by atoms with Gasteiger partial charge in [-0.05, 0) is 29.8 Å². The van der Waals surface area contributed by atoms with E-state index < -0.39 is 0 Å². The molecule has 0 spiro atoms. The largest absolute Gasteiger partial charge is 0.495 e. The molecule has 2 aromatic carbocycles. The third-order valence-corrected chi connectivity index (χ3v) is 3.38. The highest BCUT2D eigenvalue weighted by molar-refractivity contribution is 6.32. The van der Waals surface area contributed by atoms with Crippen LogP contribution >= 0.6 is 11.6 Å². The first-order valence-electron chi connectivity index (χ1n) is 6.44. The van der Waals surface area contributed by atoms with Gasteiger partial charge < -0.3 is 15.0 Å². The molecular formula is C16H19ClN2O. The normalized spacial score (nSPS) is 10.2. The SMILES string of the molecule is COc1ccc(CNc2ccccc2N(C)C)cc1Cl. The third-order valence-electron chi connectivity index (χ3n) is 3.09. The van der Waals surface area contributed by atoms with Crippen molar-refractivity contribution in [3.8, 4) is 5.75 Å². The number of nitrogens with zero attached hydrogens (tertiary/aromatic N) is 1. The summed E-state index contributed by atoms with van der Waals surface area (Å²) in [6.45, 7) is 0.717. The molecule has 0 saturated heterocycles. The molecule has 0 aliphatic heterocycles. The van der Waals surface area contributed by atoms with Crippen molar-refractivity contribution in [3.63, 3.8) is 0 Å². The van der Waals surface area contributed by atoms with Gasteiger partial charge in [0, 0.05) is 20.6 Å². The molecule has 1 N–H and O–H groups in total. The third kappa shape index (κ3) is 3.36. The van der Waals surface area contributed by atoms with Gasteiger partial charge in [-0.2, -0.15) is 0 Å². The Labute approximate surface area is 125 Å². The van der Waals surface area contributed by atoms with Crippen LogP contribution in [0.15, 0.2) is 42.5 Å². The van der Waals surface area contributed by atoms with Gasteiger partial charge in [0.15, 0.2) is 0 Å². The Hall–Kier alpha value is -1.87. The van der Waals surface area contributed by atoms with E-state index in [9.17, 15) is 0 Å². The maximum Gasteiger partial charge on any atom is 0.137 e. The predicted molar refractivity (Wildman–Crippen MR) is 86.1 cm³/mol. The lowest BCUT2D eigenvalue weighted by Crippen LogP contribution is -2.12. The zero-order chi connectivity index (χ0) is 14.5. The number of rotatable bonds is 5. The Morgan fingerprint density at radius 1 is 1.15 bits per heavy atom. The Morgan fingerprint density at radius 3 is 2.55 bits per heavy atom. The zero-order valence-corrected chi connectivity index (χ0v) is 12.7. The second-order valence-corrected chi connectivity index (χ2v) is 5.14. The molecule has 0 radical (unpaired) electrons. The Bertz CT molecular complexity index is 584. The molecule has 0 saturated carbocycles.